The molecule has 1 aliphatic rings. The van der Waals surface area contributed by atoms with Crippen molar-refractivity contribution in [3.8, 4) is 0 Å². The molecule has 1 aliphatic carbocycles. The molecule has 1 saturated carbocycles. The van der Waals surface area contributed by atoms with E-state index in [-0.39, 0.29) is 17.5 Å². The summed E-state index contributed by atoms with van der Waals surface area (Å²) in [5.41, 5.74) is 0.401. The third-order valence-electron chi connectivity index (χ3n) is 3.39. The molecule has 0 aromatic heterocycles. The monoisotopic (exact) mass is 241 g/mol. The number of aliphatic hydroxyl groups is 1. The van der Waals surface area contributed by atoms with Crippen molar-refractivity contribution in [2.45, 2.75) is 32.4 Å². The molecule has 0 aliphatic heterocycles. The fraction of sp³-hybridized carbons (Fsp3) is 0.538. The molecule has 2 N–H and O–H groups in total. The first-order chi connectivity index (χ1) is 7.90. The predicted molar refractivity (Wildman–Crippen MR) is 61.5 cm³/mol. The number of rotatable bonds is 4. The topological polar surface area (TPSA) is 32.3 Å². The Kier molecular flexibility index (Phi) is 3.19. The second-order valence-corrected chi connectivity index (χ2v) is 5.34. The van der Waals surface area contributed by atoms with Crippen molar-refractivity contribution in [1.82, 2.24) is 5.32 Å². The van der Waals surface area contributed by atoms with Crippen LogP contribution in [0, 0.1) is 17.0 Å². The van der Waals surface area contributed by atoms with Gasteiger partial charge in [-0.3, -0.25) is 0 Å². The van der Waals surface area contributed by atoms with Gasteiger partial charge in [-0.25, -0.2) is 8.78 Å². The Bertz CT molecular complexity index is 420. The first kappa shape index (κ1) is 12.5. The summed E-state index contributed by atoms with van der Waals surface area (Å²) >= 11 is 0. The van der Waals surface area contributed by atoms with E-state index in [0.717, 1.165) is 18.6 Å². The molecule has 2 rings (SSSR count). The number of nitrogens with one attached hydrogen (secondary N) is 1. The van der Waals surface area contributed by atoms with Gasteiger partial charge in [-0.2, -0.15) is 0 Å². The maximum atomic E-state index is 13.4. The predicted octanol–water partition coefficient (Wildman–Crippen LogP) is 2.39. The molecule has 0 saturated heterocycles. The van der Waals surface area contributed by atoms with Gasteiger partial charge in [0.2, 0.25) is 0 Å². The zero-order valence-electron chi connectivity index (χ0n) is 10.0. The van der Waals surface area contributed by atoms with E-state index in [0.29, 0.717) is 6.04 Å². The number of aliphatic hydroxyl groups excluding tert-OH is 1. The molecule has 1 aromatic rings. The highest BCUT2D eigenvalue weighted by Gasteiger charge is 2.45. The lowest BCUT2D eigenvalue weighted by molar-refractivity contribution is 0.168. The Morgan fingerprint density at radius 2 is 2.12 bits per heavy atom. The Hall–Kier alpha value is -1.00. The van der Waals surface area contributed by atoms with Crippen LogP contribution in [0.3, 0.4) is 0 Å². The Labute approximate surface area is 99.7 Å². The molecule has 2 unspecified atom stereocenters. The van der Waals surface area contributed by atoms with Crippen molar-refractivity contribution < 1.29 is 13.9 Å². The molecule has 2 nitrogen and oxygen atoms in total. The summed E-state index contributed by atoms with van der Waals surface area (Å²) in [5.74, 6) is -1.33. The van der Waals surface area contributed by atoms with Crippen molar-refractivity contribution >= 4 is 0 Å². The van der Waals surface area contributed by atoms with Crippen LogP contribution in [0.15, 0.2) is 18.2 Å². The average molecular weight is 241 g/mol. The summed E-state index contributed by atoms with van der Waals surface area (Å²) in [6, 6.07) is 3.61. The minimum Gasteiger partial charge on any atom is -0.387 e. The van der Waals surface area contributed by atoms with Crippen molar-refractivity contribution in [1.29, 1.82) is 0 Å². The van der Waals surface area contributed by atoms with Gasteiger partial charge in [0.1, 0.15) is 11.6 Å². The maximum absolute atomic E-state index is 13.4. The lowest BCUT2D eigenvalue weighted by atomic mass is 10.1. The molecule has 1 fully saturated rings. The molecule has 0 bridgehead atoms. The van der Waals surface area contributed by atoms with Crippen molar-refractivity contribution in [3.05, 3.63) is 35.4 Å². The summed E-state index contributed by atoms with van der Waals surface area (Å²) < 4.78 is 26.1. The van der Waals surface area contributed by atoms with Crippen molar-refractivity contribution in [2.24, 2.45) is 5.41 Å². The molecule has 94 valence electrons. The number of hydrogen-bond donors (Lipinski definition) is 2. The van der Waals surface area contributed by atoms with E-state index in [1.165, 1.54) is 6.07 Å². The normalized spacial score (nSPS) is 23.5. The smallest absolute Gasteiger partial charge is 0.131 e. The van der Waals surface area contributed by atoms with Gasteiger partial charge in [0.15, 0.2) is 0 Å². The summed E-state index contributed by atoms with van der Waals surface area (Å²) in [4.78, 5) is 0. The zero-order chi connectivity index (χ0) is 12.6. The highest BCUT2D eigenvalue weighted by atomic mass is 19.1. The molecule has 1 aromatic carbocycles. The second-order valence-electron chi connectivity index (χ2n) is 5.34. The van der Waals surface area contributed by atoms with Crippen LogP contribution in [-0.4, -0.2) is 17.7 Å². The zero-order valence-corrected chi connectivity index (χ0v) is 10.0. The molecule has 4 heteroatoms. The van der Waals surface area contributed by atoms with E-state index >= 15 is 0 Å². The lowest BCUT2D eigenvalue weighted by Crippen LogP contribution is -2.26. The molecule has 0 amide bonds. The maximum Gasteiger partial charge on any atom is 0.131 e. The number of benzene rings is 1. The van der Waals surface area contributed by atoms with Gasteiger partial charge in [-0.1, -0.05) is 19.9 Å². The minimum atomic E-state index is -0.938. The van der Waals surface area contributed by atoms with Crippen LogP contribution in [0.4, 0.5) is 8.78 Å². The second kappa shape index (κ2) is 4.35. The fourth-order valence-electron chi connectivity index (χ4n) is 1.95. The summed E-state index contributed by atoms with van der Waals surface area (Å²) in [7, 11) is 0. The van der Waals surface area contributed by atoms with Gasteiger partial charge in [-0.15, -0.1) is 0 Å². The molecule has 2 atom stereocenters. The van der Waals surface area contributed by atoms with Gasteiger partial charge < -0.3 is 10.4 Å². The standard InChI is InChI=1S/C13H17F2NO/c1-13(2)6-12(13)16-7-11(17)9-4-3-8(14)5-10(9)15/h3-5,11-12,16-17H,6-7H2,1-2H3. The van der Waals surface area contributed by atoms with Crippen LogP contribution in [0.25, 0.3) is 0 Å². The fourth-order valence-corrected chi connectivity index (χ4v) is 1.95. The molecule has 0 heterocycles. The van der Waals surface area contributed by atoms with Gasteiger partial charge in [0.05, 0.1) is 6.10 Å². The largest absolute Gasteiger partial charge is 0.387 e. The molecule has 0 radical (unpaired) electrons. The summed E-state index contributed by atoms with van der Waals surface area (Å²) in [5, 5.41) is 13.0. The van der Waals surface area contributed by atoms with Crippen LogP contribution < -0.4 is 5.32 Å². The van der Waals surface area contributed by atoms with Crippen molar-refractivity contribution in [2.75, 3.05) is 6.54 Å². The van der Waals surface area contributed by atoms with E-state index in [9.17, 15) is 13.9 Å². The van der Waals surface area contributed by atoms with Gasteiger partial charge in [0.25, 0.3) is 0 Å². The van der Waals surface area contributed by atoms with E-state index in [1.54, 1.807) is 0 Å². The SMILES string of the molecule is CC1(C)CC1NCC(O)c1ccc(F)cc1F. The molecule has 0 spiro atoms. The highest BCUT2D eigenvalue weighted by molar-refractivity contribution is 5.21. The number of hydrogen-bond acceptors (Lipinski definition) is 2. The highest BCUT2D eigenvalue weighted by Crippen LogP contribution is 2.44. The van der Waals surface area contributed by atoms with Crippen LogP contribution >= 0.6 is 0 Å². The molecular weight excluding hydrogens is 224 g/mol. The van der Waals surface area contributed by atoms with E-state index in [2.05, 4.69) is 19.2 Å². The van der Waals surface area contributed by atoms with E-state index in [4.69, 9.17) is 0 Å². The Morgan fingerprint density at radius 1 is 1.47 bits per heavy atom. The minimum absolute atomic E-state index is 0.136. The Morgan fingerprint density at radius 3 is 2.65 bits per heavy atom. The Balaban J connectivity index is 1.93. The van der Waals surface area contributed by atoms with Gasteiger partial charge in [0, 0.05) is 24.2 Å². The molecular formula is C13H17F2NO. The average Bonchev–Trinajstić information content (AvgIpc) is 2.83. The van der Waals surface area contributed by atoms with E-state index < -0.39 is 17.7 Å². The first-order valence-corrected chi connectivity index (χ1v) is 5.76. The van der Waals surface area contributed by atoms with Crippen LogP contribution in [0.5, 0.6) is 0 Å². The van der Waals surface area contributed by atoms with E-state index in [1.807, 2.05) is 0 Å². The third kappa shape index (κ3) is 2.82. The quantitative estimate of drug-likeness (QED) is 0.848. The molecule has 17 heavy (non-hydrogen) atoms. The summed E-state index contributed by atoms with van der Waals surface area (Å²) in [6.45, 7) is 4.56. The third-order valence-corrected chi connectivity index (χ3v) is 3.39. The first-order valence-electron chi connectivity index (χ1n) is 5.76. The summed E-state index contributed by atoms with van der Waals surface area (Å²) in [6.07, 6.45) is 0.123. The number of halogens is 2. The van der Waals surface area contributed by atoms with Gasteiger partial charge in [-0.05, 0) is 17.9 Å². The van der Waals surface area contributed by atoms with Crippen LogP contribution in [-0.2, 0) is 0 Å². The van der Waals surface area contributed by atoms with Gasteiger partial charge >= 0.3 is 0 Å². The van der Waals surface area contributed by atoms with Crippen LogP contribution in [0.2, 0.25) is 0 Å². The van der Waals surface area contributed by atoms with Crippen molar-refractivity contribution in [3.63, 3.8) is 0 Å². The lowest BCUT2D eigenvalue weighted by Gasteiger charge is -2.14. The van der Waals surface area contributed by atoms with Crippen LogP contribution in [0.1, 0.15) is 31.9 Å².